The molecule has 8 nitrogen and oxygen atoms in total. The van der Waals surface area contributed by atoms with E-state index >= 15 is 0 Å². The molecule has 2 aromatic rings. The summed E-state index contributed by atoms with van der Waals surface area (Å²) in [6.45, 7) is 1.78. The molecule has 1 N–H and O–H groups in total. The minimum absolute atomic E-state index is 0.0206. The van der Waals surface area contributed by atoms with Crippen LogP contribution in [0.3, 0.4) is 0 Å². The van der Waals surface area contributed by atoms with Crippen LogP contribution >= 0.6 is 0 Å². The summed E-state index contributed by atoms with van der Waals surface area (Å²) in [5.41, 5.74) is 1.22. The quantitative estimate of drug-likeness (QED) is 0.706. The average molecular weight is 413 g/mol. The third-order valence-electron chi connectivity index (χ3n) is 4.07. The summed E-state index contributed by atoms with van der Waals surface area (Å²) in [7, 11) is 5.99. The van der Waals surface area contributed by atoms with Gasteiger partial charge in [0.05, 0.1) is 0 Å². The van der Waals surface area contributed by atoms with Crippen LogP contribution in [-0.2, 0) is 0 Å². The third kappa shape index (κ3) is 4.24. The SMILES string of the molecule is CN1CCC(Oc2nc(Nc3cc(N(C)C)c([As])cn3)cnc2C#N)C1. The van der Waals surface area contributed by atoms with Gasteiger partial charge in [-0.15, -0.1) is 0 Å². The summed E-state index contributed by atoms with van der Waals surface area (Å²) in [5.74, 6) is 1.39. The number of anilines is 3. The summed E-state index contributed by atoms with van der Waals surface area (Å²) in [6.07, 6.45) is 4.22. The van der Waals surface area contributed by atoms with Crippen molar-refractivity contribution in [3.8, 4) is 11.9 Å². The molecule has 0 amide bonds. The first-order valence-electron chi connectivity index (χ1n) is 8.22. The van der Waals surface area contributed by atoms with Crippen molar-refractivity contribution in [1.29, 1.82) is 5.26 Å². The Bertz CT molecular complexity index is 836. The molecule has 0 spiro atoms. The Balaban J connectivity index is 1.81. The zero-order chi connectivity index (χ0) is 18.7. The van der Waals surface area contributed by atoms with Gasteiger partial charge < -0.3 is 0 Å². The zero-order valence-corrected chi connectivity index (χ0v) is 16.8. The second-order valence-electron chi connectivity index (χ2n) is 6.39. The summed E-state index contributed by atoms with van der Waals surface area (Å²) in [6, 6.07) is 3.97. The molecule has 0 aliphatic carbocycles. The number of hydrogen-bond acceptors (Lipinski definition) is 8. The molecule has 1 aliphatic heterocycles. The number of nitriles is 1. The summed E-state index contributed by atoms with van der Waals surface area (Å²) < 4.78 is 6.94. The van der Waals surface area contributed by atoms with E-state index in [0.717, 1.165) is 29.5 Å². The monoisotopic (exact) mass is 413 g/mol. The molecule has 134 valence electrons. The van der Waals surface area contributed by atoms with Crippen molar-refractivity contribution in [2.45, 2.75) is 12.5 Å². The van der Waals surface area contributed by atoms with E-state index in [1.165, 1.54) is 6.20 Å². The number of likely N-dealkylation sites (N-methyl/N-ethyl adjacent to an activating group) is 1. The van der Waals surface area contributed by atoms with Crippen LogP contribution in [0.4, 0.5) is 17.3 Å². The summed E-state index contributed by atoms with van der Waals surface area (Å²) in [5, 5.41) is 12.4. The molecule has 0 bridgehead atoms. The molecule has 1 atom stereocenters. The number of aromatic nitrogens is 3. The summed E-state index contributed by atoms with van der Waals surface area (Å²) in [4.78, 5) is 17.2. The van der Waals surface area contributed by atoms with Gasteiger partial charge in [0.1, 0.15) is 0 Å². The Labute approximate surface area is 161 Å². The Hall–Kier alpha value is -2.36. The molecule has 0 aromatic carbocycles. The van der Waals surface area contributed by atoms with Crippen LogP contribution < -0.4 is 19.3 Å². The Kier molecular flexibility index (Phi) is 5.60. The van der Waals surface area contributed by atoms with Crippen molar-refractivity contribution in [3.05, 3.63) is 24.2 Å². The van der Waals surface area contributed by atoms with Crippen LogP contribution in [0.2, 0.25) is 0 Å². The number of ether oxygens (including phenoxy) is 1. The van der Waals surface area contributed by atoms with Gasteiger partial charge in [0.25, 0.3) is 0 Å². The molecular formula is C17H20AsN7O. The molecule has 2 radical (unpaired) electrons. The Morgan fingerprint density at radius 2 is 2.15 bits per heavy atom. The van der Waals surface area contributed by atoms with E-state index in [1.54, 1.807) is 6.20 Å². The maximum atomic E-state index is 9.27. The molecular weight excluding hydrogens is 393 g/mol. The van der Waals surface area contributed by atoms with Crippen LogP contribution in [0, 0.1) is 11.3 Å². The minimum atomic E-state index is 0.0206. The normalized spacial score (nSPS) is 17.0. The van der Waals surface area contributed by atoms with Crippen LogP contribution in [0.1, 0.15) is 12.1 Å². The number of nitrogens with one attached hydrogen (secondary N) is 1. The van der Waals surface area contributed by atoms with Crippen LogP contribution in [0.25, 0.3) is 0 Å². The van der Waals surface area contributed by atoms with Crippen LogP contribution in [0.5, 0.6) is 5.88 Å². The predicted molar refractivity (Wildman–Crippen MR) is 101 cm³/mol. The van der Waals surface area contributed by atoms with E-state index in [1.807, 2.05) is 38.2 Å². The molecule has 9 heteroatoms. The van der Waals surface area contributed by atoms with Gasteiger partial charge in [-0.3, -0.25) is 0 Å². The number of hydrogen-bond donors (Lipinski definition) is 1. The first-order chi connectivity index (χ1) is 12.5. The fourth-order valence-electron chi connectivity index (χ4n) is 2.74. The van der Waals surface area contributed by atoms with Crippen LogP contribution in [0.15, 0.2) is 18.5 Å². The van der Waals surface area contributed by atoms with Crippen LogP contribution in [-0.4, -0.2) is 77.0 Å². The molecule has 1 saturated heterocycles. The first-order valence-corrected chi connectivity index (χ1v) is 9.16. The van der Waals surface area contributed by atoms with Gasteiger partial charge in [0.2, 0.25) is 0 Å². The molecule has 2 aromatic heterocycles. The second-order valence-corrected chi connectivity index (χ2v) is 7.40. The van der Waals surface area contributed by atoms with Crippen molar-refractivity contribution in [1.82, 2.24) is 19.9 Å². The van der Waals surface area contributed by atoms with Gasteiger partial charge in [-0.2, -0.15) is 0 Å². The second kappa shape index (κ2) is 7.90. The van der Waals surface area contributed by atoms with E-state index < -0.39 is 0 Å². The summed E-state index contributed by atoms with van der Waals surface area (Å²) >= 11 is 2.50. The van der Waals surface area contributed by atoms with Crippen molar-refractivity contribution >= 4 is 38.5 Å². The molecule has 1 unspecified atom stereocenters. The fourth-order valence-corrected chi connectivity index (χ4v) is 3.41. The maximum absolute atomic E-state index is 9.27. The van der Waals surface area contributed by atoms with E-state index in [2.05, 4.69) is 42.0 Å². The van der Waals surface area contributed by atoms with Gasteiger partial charge in [0, 0.05) is 0 Å². The van der Waals surface area contributed by atoms with Gasteiger partial charge in [-0.05, 0) is 7.05 Å². The molecule has 0 saturated carbocycles. The Morgan fingerprint density at radius 3 is 2.81 bits per heavy atom. The third-order valence-corrected chi connectivity index (χ3v) is 4.80. The molecule has 1 aliphatic rings. The van der Waals surface area contributed by atoms with Gasteiger partial charge in [-0.25, -0.2) is 0 Å². The number of rotatable bonds is 5. The topological polar surface area (TPSA) is 90.2 Å². The Morgan fingerprint density at radius 1 is 1.35 bits per heavy atom. The molecule has 3 rings (SSSR count). The number of pyridine rings is 1. The van der Waals surface area contributed by atoms with Gasteiger partial charge in [0.15, 0.2) is 0 Å². The van der Waals surface area contributed by atoms with E-state index in [4.69, 9.17) is 4.74 Å². The molecule has 3 heterocycles. The van der Waals surface area contributed by atoms with Gasteiger partial charge in [-0.1, -0.05) is 0 Å². The average Bonchev–Trinajstić information content (AvgIpc) is 3.01. The van der Waals surface area contributed by atoms with Crippen molar-refractivity contribution in [2.24, 2.45) is 0 Å². The molecule has 1 fully saturated rings. The van der Waals surface area contributed by atoms with Crippen molar-refractivity contribution < 1.29 is 4.74 Å². The van der Waals surface area contributed by atoms with Crippen molar-refractivity contribution in [2.75, 3.05) is 44.4 Å². The molecule has 26 heavy (non-hydrogen) atoms. The van der Waals surface area contributed by atoms with E-state index in [-0.39, 0.29) is 17.7 Å². The first kappa shape index (κ1) is 18.4. The van der Waals surface area contributed by atoms with Crippen molar-refractivity contribution in [3.63, 3.8) is 0 Å². The van der Waals surface area contributed by atoms with Gasteiger partial charge >= 0.3 is 154 Å². The standard InChI is InChI=1S/C17H20AsN7O/c1-24(2)14-6-15(21-8-12(14)18)22-16-9-20-13(7-19)17(23-16)26-11-4-5-25(3)10-11/h6,8-9,11H,4-5,10H2,1-3H3,(H,21,22,23). The number of nitrogens with zero attached hydrogens (tertiary/aromatic N) is 6. The predicted octanol–water partition coefficient (Wildman–Crippen LogP) is 0.430. The number of likely N-dealkylation sites (tertiary alicyclic amines) is 1. The fraction of sp³-hybridized carbons (Fsp3) is 0.412. The van der Waals surface area contributed by atoms with E-state index in [0.29, 0.717) is 11.6 Å². The van der Waals surface area contributed by atoms with E-state index in [9.17, 15) is 5.26 Å². The zero-order valence-electron chi connectivity index (χ0n) is 15.0.